The van der Waals surface area contributed by atoms with Crippen LogP contribution >= 0.6 is 0 Å². The molecule has 0 bridgehead atoms. The van der Waals surface area contributed by atoms with Crippen LogP contribution in [0.5, 0.6) is 5.75 Å². The van der Waals surface area contributed by atoms with Gasteiger partial charge < -0.3 is 4.74 Å². The van der Waals surface area contributed by atoms with E-state index in [0.717, 1.165) is 37.2 Å². The second kappa shape index (κ2) is 7.84. The number of rotatable bonds is 6. The van der Waals surface area contributed by atoms with Crippen molar-refractivity contribution in [2.45, 2.75) is 18.9 Å². The second-order valence-electron chi connectivity index (χ2n) is 6.70. The van der Waals surface area contributed by atoms with E-state index in [2.05, 4.69) is 15.0 Å². The fourth-order valence-electron chi connectivity index (χ4n) is 3.47. The van der Waals surface area contributed by atoms with Crippen LogP contribution in [0, 0.1) is 5.82 Å². The van der Waals surface area contributed by atoms with E-state index in [1.807, 2.05) is 25.5 Å². The number of aryl methyl sites for hydroxylation is 1. The van der Waals surface area contributed by atoms with E-state index < -0.39 is 0 Å². The molecule has 1 aliphatic rings. The number of halogens is 1. The molecule has 0 saturated carbocycles. The van der Waals surface area contributed by atoms with Crippen LogP contribution in [-0.2, 0) is 7.05 Å². The van der Waals surface area contributed by atoms with E-state index >= 15 is 0 Å². The first kappa shape index (κ1) is 17.6. The minimum atomic E-state index is -0.255. The molecule has 0 N–H and O–H groups in total. The van der Waals surface area contributed by atoms with E-state index in [0.29, 0.717) is 18.2 Å². The SMILES string of the molecule is Cn1cc(-c2nccc(C3CCCN3CCOc3ccc(F)cc3)n2)cn1. The van der Waals surface area contributed by atoms with Gasteiger partial charge in [-0.1, -0.05) is 0 Å². The maximum Gasteiger partial charge on any atom is 0.162 e. The molecule has 7 heteroatoms. The molecule has 0 radical (unpaired) electrons. The maximum absolute atomic E-state index is 13.0. The van der Waals surface area contributed by atoms with E-state index in [9.17, 15) is 4.39 Å². The molecule has 0 spiro atoms. The van der Waals surface area contributed by atoms with E-state index in [1.54, 1.807) is 23.0 Å². The molecule has 4 rings (SSSR count). The van der Waals surface area contributed by atoms with Crippen molar-refractivity contribution in [3.05, 3.63) is 60.4 Å². The lowest BCUT2D eigenvalue weighted by atomic mass is 10.1. The van der Waals surface area contributed by atoms with Crippen LogP contribution in [0.15, 0.2) is 48.9 Å². The van der Waals surface area contributed by atoms with Crippen LogP contribution in [0.1, 0.15) is 24.6 Å². The van der Waals surface area contributed by atoms with Crippen LogP contribution in [0.3, 0.4) is 0 Å². The Kier molecular flexibility index (Phi) is 5.11. The highest BCUT2D eigenvalue weighted by Crippen LogP contribution is 2.31. The van der Waals surface area contributed by atoms with E-state index in [4.69, 9.17) is 9.72 Å². The van der Waals surface area contributed by atoms with Crippen molar-refractivity contribution in [1.29, 1.82) is 0 Å². The first-order valence-corrected chi connectivity index (χ1v) is 9.13. The molecule has 3 aromatic rings. The smallest absolute Gasteiger partial charge is 0.162 e. The van der Waals surface area contributed by atoms with Gasteiger partial charge in [-0.3, -0.25) is 9.58 Å². The van der Waals surface area contributed by atoms with Gasteiger partial charge in [-0.05, 0) is 49.7 Å². The molecule has 27 heavy (non-hydrogen) atoms. The average Bonchev–Trinajstić information content (AvgIpc) is 3.33. The Morgan fingerprint density at radius 1 is 1.22 bits per heavy atom. The lowest BCUT2D eigenvalue weighted by Gasteiger charge is -2.24. The second-order valence-corrected chi connectivity index (χ2v) is 6.70. The molecule has 1 saturated heterocycles. The Bertz CT molecular complexity index is 895. The number of hydrogen-bond acceptors (Lipinski definition) is 5. The van der Waals surface area contributed by atoms with Gasteiger partial charge in [0.15, 0.2) is 5.82 Å². The highest BCUT2D eigenvalue weighted by Gasteiger charge is 2.27. The summed E-state index contributed by atoms with van der Waals surface area (Å²) in [6.45, 7) is 2.38. The Labute approximate surface area is 157 Å². The summed E-state index contributed by atoms with van der Waals surface area (Å²) in [4.78, 5) is 11.6. The quantitative estimate of drug-likeness (QED) is 0.669. The predicted molar refractivity (Wildman–Crippen MR) is 99.7 cm³/mol. The molecule has 1 atom stereocenters. The molecule has 1 fully saturated rings. The van der Waals surface area contributed by atoms with E-state index in [-0.39, 0.29) is 11.9 Å². The molecule has 0 amide bonds. The fraction of sp³-hybridized carbons (Fsp3) is 0.350. The third-order valence-corrected chi connectivity index (χ3v) is 4.81. The first-order valence-electron chi connectivity index (χ1n) is 9.13. The van der Waals surface area contributed by atoms with Gasteiger partial charge in [-0.15, -0.1) is 0 Å². The van der Waals surface area contributed by atoms with Gasteiger partial charge in [0.2, 0.25) is 0 Å². The van der Waals surface area contributed by atoms with E-state index in [1.165, 1.54) is 12.1 Å². The van der Waals surface area contributed by atoms with Crippen molar-refractivity contribution in [1.82, 2.24) is 24.6 Å². The first-order chi connectivity index (χ1) is 13.2. The fourth-order valence-corrected chi connectivity index (χ4v) is 3.47. The van der Waals surface area contributed by atoms with Crippen LogP contribution in [0.25, 0.3) is 11.4 Å². The predicted octanol–water partition coefficient (Wildman–Crippen LogP) is 3.23. The van der Waals surface area contributed by atoms with Gasteiger partial charge in [0.05, 0.1) is 23.5 Å². The minimum Gasteiger partial charge on any atom is -0.492 e. The summed E-state index contributed by atoms with van der Waals surface area (Å²) in [5, 5.41) is 4.20. The third-order valence-electron chi connectivity index (χ3n) is 4.81. The summed E-state index contributed by atoms with van der Waals surface area (Å²) in [6.07, 6.45) is 7.72. The van der Waals surface area contributed by atoms with Gasteiger partial charge in [-0.25, -0.2) is 14.4 Å². The van der Waals surface area contributed by atoms with Crippen LogP contribution < -0.4 is 4.74 Å². The summed E-state index contributed by atoms with van der Waals surface area (Å²) >= 11 is 0. The molecule has 140 valence electrons. The molecule has 0 aliphatic carbocycles. The van der Waals surface area contributed by atoms with Crippen LogP contribution in [0.2, 0.25) is 0 Å². The number of nitrogens with zero attached hydrogens (tertiary/aromatic N) is 5. The Balaban J connectivity index is 1.41. The molecular formula is C20H22FN5O. The van der Waals surface area contributed by atoms with Crippen molar-refractivity contribution in [3.8, 4) is 17.1 Å². The Morgan fingerprint density at radius 3 is 2.85 bits per heavy atom. The van der Waals surface area contributed by atoms with Gasteiger partial charge in [0, 0.05) is 26.0 Å². The van der Waals surface area contributed by atoms with Crippen molar-refractivity contribution in [2.75, 3.05) is 19.7 Å². The summed E-state index contributed by atoms with van der Waals surface area (Å²) in [5.74, 6) is 1.14. The molecule has 1 aliphatic heterocycles. The lowest BCUT2D eigenvalue weighted by Crippen LogP contribution is -2.28. The zero-order valence-electron chi connectivity index (χ0n) is 15.3. The van der Waals surface area contributed by atoms with Gasteiger partial charge in [0.25, 0.3) is 0 Å². The Morgan fingerprint density at radius 2 is 2.07 bits per heavy atom. The number of ether oxygens (including phenoxy) is 1. The molecule has 1 aromatic carbocycles. The summed E-state index contributed by atoms with van der Waals surface area (Å²) in [6, 6.07) is 8.39. The van der Waals surface area contributed by atoms with Gasteiger partial charge in [0.1, 0.15) is 18.2 Å². The average molecular weight is 367 g/mol. The third kappa shape index (κ3) is 4.14. The van der Waals surface area contributed by atoms with Crippen molar-refractivity contribution in [3.63, 3.8) is 0 Å². The Hall–Kier alpha value is -2.80. The molecule has 2 aromatic heterocycles. The van der Waals surface area contributed by atoms with Crippen LogP contribution in [0.4, 0.5) is 4.39 Å². The zero-order valence-corrected chi connectivity index (χ0v) is 15.3. The summed E-state index contributed by atoms with van der Waals surface area (Å²) in [7, 11) is 1.88. The standard InChI is InChI=1S/C20H22FN5O/c1-25-14-15(13-23-25)20-22-9-8-18(24-20)19-3-2-10-26(19)11-12-27-17-6-4-16(21)5-7-17/h4-9,13-14,19H,2-3,10-12H2,1H3. The molecule has 3 heterocycles. The van der Waals surface area contributed by atoms with Crippen molar-refractivity contribution >= 4 is 0 Å². The van der Waals surface area contributed by atoms with Crippen molar-refractivity contribution < 1.29 is 9.13 Å². The summed E-state index contributed by atoms with van der Waals surface area (Å²) < 4.78 is 20.5. The number of hydrogen-bond donors (Lipinski definition) is 0. The maximum atomic E-state index is 13.0. The highest BCUT2D eigenvalue weighted by atomic mass is 19.1. The van der Waals surface area contributed by atoms with Crippen molar-refractivity contribution in [2.24, 2.45) is 7.05 Å². The highest BCUT2D eigenvalue weighted by molar-refractivity contribution is 5.51. The lowest BCUT2D eigenvalue weighted by molar-refractivity contribution is 0.195. The van der Waals surface area contributed by atoms with Gasteiger partial charge >= 0.3 is 0 Å². The number of aromatic nitrogens is 4. The topological polar surface area (TPSA) is 56.1 Å². The molecular weight excluding hydrogens is 345 g/mol. The number of benzene rings is 1. The zero-order chi connectivity index (χ0) is 18.6. The minimum absolute atomic E-state index is 0.255. The van der Waals surface area contributed by atoms with Gasteiger partial charge in [-0.2, -0.15) is 5.10 Å². The largest absolute Gasteiger partial charge is 0.492 e. The molecule has 6 nitrogen and oxygen atoms in total. The molecule has 1 unspecified atom stereocenters. The monoisotopic (exact) mass is 367 g/mol. The number of likely N-dealkylation sites (tertiary alicyclic amines) is 1. The normalized spacial score (nSPS) is 17.3. The van der Waals surface area contributed by atoms with Crippen LogP contribution in [-0.4, -0.2) is 44.3 Å². The summed E-state index contributed by atoms with van der Waals surface area (Å²) in [5.41, 5.74) is 1.95.